The summed E-state index contributed by atoms with van der Waals surface area (Å²) in [6.45, 7) is 9.76. The van der Waals surface area contributed by atoms with Gasteiger partial charge in [-0.1, -0.05) is 27.2 Å². The van der Waals surface area contributed by atoms with Crippen molar-refractivity contribution >= 4 is 5.91 Å². The minimum atomic E-state index is 0.0994. The van der Waals surface area contributed by atoms with Crippen LogP contribution in [0.2, 0.25) is 0 Å². The molecule has 2 unspecified atom stereocenters. The fourth-order valence-electron chi connectivity index (χ4n) is 3.12. The van der Waals surface area contributed by atoms with E-state index in [2.05, 4.69) is 17.1 Å². The number of nitrogens with one attached hydrogen (secondary N) is 1. The van der Waals surface area contributed by atoms with Gasteiger partial charge in [-0.2, -0.15) is 0 Å². The van der Waals surface area contributed by atoms with Crippen molar-refractivity contribution in [2.24, 2.45) is 17.8 Å². The van der Waals surface area contributed by atoms with Crippen LogP contribution in [-0.2, 0) is 4.79 Å². The summed E-state index contributed by atoms with van der Waals surface area (Å²) in [5, 5.41) is 3.21. The van der Waals surface area contributed by atoms with Gasteiger partial charge < -0.3 is 10.2 Å². The number of hydrogen-bond donors (Lipinski definition) is 1. The van der Waals surface area contributed by atoms with Crippen molar-refractivity contribution in [3.63, 3.8) is 0 Å². The fourth-order valence-corrected chi connectivity index (χ4v) is 3.12. The molecule has 0 aromatic carbocycles. The van der Waals surface area contributed by atoms with Crippen LogP contribution in [0.1, 0.15) is 46.5 Å². The van der Waals surface area contributed by atoms with E-state index < -0.39 is 0 Å². The number of carbonyl (C=O) groups excluding carboxylic acids is 1. The van der Waals surface area contributed by atoms with Crippen LogP contribution < -0.4 is 5.32 Å². The van der Waals surface area contributed by atoms with Crippen LogP contribution in [-0.4, -0.2) is 36.5 Å². The highest BCUT2D eigenvalue weighted by molar-refractivity contribution is 5.78. The molecular formula is C15H28N2O. The maximum atomic E-state index is 11.8. The van der Waals surface area contributed by atoms with E-state index in [1.165, 1.54) is 32.4 Å². The van der Waals surface area contributed by atoms with E-state index in [1.54, 1.807) is 0 Å². The van der Waals surface area contributed by atoms with Crippen molar-refractivity contribution in [2.75, 3.05) is 19.6 Å². The summed E-state index contributed by atoms with van der Waals surface area (Å²) in [6, 6.07) is 0.365. The highest BCUT2D eigenvalue weighted by Crippen LogP contribution is 2.28. The van der Waals surface area contributed by atoms with Crippen LogP contribution in [0.5, 0.6) is 0 Å². The number of piperidine rings is 1. The molecule has 1 heterocycles. The molecule has 18 heavy (non-hydrogen) atoms. The van der Waals surface area contributed by atoms with Crippen LogP contribution in [0.25, 0.3) is 0 Å². The Hall–Kier alpha value is -0.570. The lowest BCUT2D eigenvalue weighted by Gasteiger charge is -2.40. The molecule has 1 saturated heterocycles. The van der Waals surface area contributed by atoms with E-state index in [0.717, 1.165) is 18.9 Å². The van der Waals surface area contributed by atoms with Gasteiger partial charge in [0.1, 0.15) is 0 Å². The predicted molar refractivity (Wildman–Crippen MR) is 74.3 cm³/mol. The van der Waals surface area contributed by atoms with Gasteiger partial charge in [0.2, 0.25) is 5.91 Å². The van der Waals surface area contributed by atoms with Crippen molar-refractivity contribution in [3.05, 3.63) is 0 Å². The Morgan fingerprint density at radius 2 is 2.06 bits per heavy atom. The lowest BCUT2D eigenvalue weighted by atomic mass is 9.84. The molecular weight excluding hydrogens is 224 g/mol. The van der Waals surface area contributed by atoms with Crippen LogP contribution in [0.4, 0.5) is 0 Å². The maximum absolute atomic E-state index is 11.8. The highest BCUT2D eigenvalue weighted by atomic mass is 16.1. The molecule has 1 N–H and O–H groups in total. The van der Waals surface area contributed by atoms with Gasteiger partial charge in [0.15, 0.2) is 0 Å². The second-order valence-corrected chi connectivity index (χ2v) is 6.72. The monoisotopic (exact) mass is 252 g/mol. The normalized spacial score (nSPS) is 30.2. The first-order chi connectivity index (χ1) is 8.54. The quantitative estimate of drug-likeness (QED) is 0.832. The summed E-state index contributed by atoms with van der Waals surface area (Å²) in [5.74, 6) is 1.94. The second-order valence-electron chi connectivity index (χ2n) is 6.72. The van der Waals surface area contributed by atoms with E-state index in [-0.39, 0.29) is 11.8 Å². The molecule has 0 radical (unpaired) electrons. The Balaban J connectivity index is 1.81. The van der Waals surface area contributed by atoms with Crippen molar-refractivity contribution in [1.29, 1.82) is 0 Å². The first kappa shape index (κ1) is 13.9. The van der Waals surface area contributed by atoms with Crippen LogP contribution >= 0.6 is 0 Å². The molecule has 0 bridgehead atoms. The molecule has 104 valence electrons. The van der Waals surface area contributed by atoms with Gasteiger partial charge in [-0.25, -0.2) is 0 Å². The van der Waals surface area contributed by atoms with Crippen molar-refractivity contribution in [1.82, 2.24) is 10.2 Å². The van der Waals surface area contributed by atoms with E-state index in [0.29, 0.717) is 12.0 Å². The summed E-state index contributed by atoms with van der Waals surface area (Å²) in [6.07, 6.45) is 5.38. The summed E-state index contributed by atoms with van der Waals surface area (Å²) in [4.78, 5) is 14.4. The summed E-state index contributed by atoms with van der Waals surface area (Å²) >= 11 is 0. The molecule has 1 aliphatic carbocycles. The number of rotatable bonds is 4. The molecule has 2 aliphatic rings. The molecule has 0 aromatic heterocycles. The van der Waals surface area contributed by atoms with Gasteiger partial charge in [-0.3, -0.25) is 4.79 Å². The van der Waals surface area contributed by atoms with Gasteiger partial charge in [-0.15, -0.1) is 0 Å². The third-order valence-corrected chi connectivity index (χ3v) is 4.35. The maximum Gasteiger partial charge on any atom is 0.222 e. The van der Waals surface area contributed by atoms with Crippen LogP contribution in [0.15, 0.2) is 0 Å². The molecule has 3 heteroatoms. The zero-order chi connectivity index (χ0) is 13.1. The number of amides is 1. The van der Waals surface area contributed by atoms with E-state index in [4.69, 9.17) is 0 Å². The molecule has 2 atom stereocenters. The highest BCUT2D eigenvalue weighted by Gasteiger charge is 2.29. The molecule has 0 aromatic rings. The van der Waals surface area contributed by atoms with Crippen molar-refractivity contribution in [3.8, 4) is 0 Å². The molecule has 2 fully saturated rings. The molecule has 3 nitrogen and oxygen atoms in total. The van der Waals surface area contributed by atoms with Gasteiger partial charge in [0.05, 0.1) is 0 Å². The van der Waals surface area contributed by atoms with Crippen LogP contribution in [0.3, 0.4) is 0 Å². The van der Waals surface area contributed by atoms with Gasteiger partial charge in [0, 0.05) is 31.6 Å². The fraction of sp³-hybridized carbons (Fsp3) is 0.933. The molecule has 1 saturated carbocycles. The standard InChI is InChI=1S/C15H28N2O/c1-11(2)15(18)16-14-7-12(3)8-17(10-14)9-13-5-4-6-13/h11-14H,4-10H2,1-3H3,(H,16,18). The largest absolute Gasteiger partial charge is 0.352 e. The molecule has 2 rings (SSSR count). The molecule has 0 spiro atoms. The zero-order valence-electron chi connectivity index (χ0n) is 12.1. The van der Waals surface area contributed by atoms with Gasteiger partial charge >= 0.3 is 0 Å². The predicted octanol–water partition coefficient (Wildman–Crippen LogP) is 2.27. The average Bonchev–Trinajstić information content (AvgIpc) is 2.22. The first-order valence-electron chi connectivity index (χ1n) is 7.57. The van der Waals surface area contributed by atoms with Crippen LogP contribution in [0, 0.1) is 17.8 Å². The number of carbonyl (C=O) groups is 1. The topological polar surface area (TPSA) is 32.3 Å². The Kier molecular flexibility index (Phi) is 4.66. The summed E-state index contributed by atoms with van der Waals surface area (Å²) in [7, 11) is 0. The Morgan fingerprint density at radius 3 is 2.61 bits per heavy atom. The minimum absolute atomic E-state index is 0.0994. The SMILES string of the molecule is CC1CC(NC(=O)C(C)C)CN(CC2CCC2)C1. The smallest absolute Gasteiger partial charge is 0.222 e. The number of hydrogen-bond acceptors (Lipinski definition) is 2. The second kappa shape index (κ2) is 6.05. The lowest BCUT2D eigenvalue weighted by Crippen LogP contribution is -2.52. The van der Waals surface area contributed by atoms with Gasteiger partial charge in [-0.05, 0) is 31.1 Å². The van der Waals surface area contributed by atoms with E-state index in [9.17, 15) is 4.79 Å². The van der Waals surface area contributed by atoms with E-state index in [1.807, 2.05) is 13.8 Å². The first-order valence-corrected chi connectivity index (χ1v) is 7.57. The summed E-state index contributed by atoms with van der Waals surface area (Å²) < 4.78 is 0. The molecule has 1 aliphatic heterocycles. The summed E-state index contributed by atoms with van der Waals surface area (Å²) in [5.41, 5.74) is 0. The minimum Gasteiger partial charge on any atom is -0.352 e. The Bertz CT molecular complexity index is 286. The molecule has 1 amide bonds. The van der Waals surface area contributed by atoms with E-state index >= 15 is 0 Å². The third kappa shape index (κ3) is 3.71. The Morgan fingerprint density at radius 1 is 1.33 bits per heavy atom. The zero-order valence-corrected chi connectivity index (χ0v) is 12.1. The number of likely N-dealkylation sites (tertiary alicyclic amines) is 1. The Labute approximate surface area is 111 Å². The number of nitrogens with zero attached hydrogens (tertiary/aromatic N) is 1. The third-order valence-electron chi connectivity index (χ3n) is 4.35. The average molecular weight is 252 g/mol. The van der Waals surface area contributed by atoms with Gasteiger partial charge in [0.25, 0.3) is 0 Å². The van der Waals surface area contributed by atoms with Crippen molar-refractivity contribution in [2.45, 2.75) is 52.5 Å². The van der Waals surface area contributed by atoms with Crippen molar-refractivity contribution < 1.29 is 4.79 Å². The lowest BCUT2D eigenvalue weighted by molar-refractivity contribution is -0.125.